The van der Waals surface area contributed by atoms with Crippen molar-refractivity contribution in [2.75, 3.05) is 18.5 Å². The highest BCUT2D eigenvalue weighted by atomic mass is 35.5. The van der Waals surface area contributed by atoms with Gasteiger partial charge in [-0.05, 0) is 60.2 Å². The number of carbonyl (C=O) groups excluding carboxylic acids is 1. The largest absolute Gasteiger partial charge is 0.491 e. The van der Waals surface area contributed by atoms with Gasteiger partial charge in [0.25, 0.3) is 0 Å². The number of benzene rings is 2. The van der Waals surface area contributed by atoms with Crippen LogP contribution < -0.4 is 15.4 Å². The predicted molar refractivity (Wildman–Crippen MR) is 156 cm³/mol. The first kappa shape index (κ1) is 31.0. The molecule has 218 valence electrons. The number of nitriles is 1. The van der Waals surface area contributed by atoms with Crippen molar-refractivity contribution in [3.8, 4) is 11.8 Å². The number of halogens is 4. The summed E-state index contributed by atoms with van der Waals surface area (Å²) in [5.74, 6) is -2.49. The molecule has 10 heteroatoms. The third-order valence-electron chi connectivity index (χ3n) is 7.42. The van der Waals surface area contributed by atoms with Crippen molar-refractivity contribution in [1.29, 1.82) is 5.26 Å². The molecule has 6 nitrogen and oxygen atoms in total. The molecule has 4 rings (SSSR count). The molecule has 1 heterocycles. The van der Waals surface area contributed by atoms with E-state index in [9.17, 15) is 10.1 Å². The molecule has 0 bridgehead atoms. The zero-order valence-electron chi connectivity index (χ0n) is 23.1. The van der Waals surface area contributed by atoms with Crippen LogP contribution in [0.25, 0.3) is 0 Å². The smallest absolute Gasteiger partial charge is 0.242 e. The normalized spacial score (nSPS) is 26.1. The Balaban J connectivity index is 1.85. The van der Waals surface area contributed by atoms with Gasteiger partial charge in [0.05, 0.1) is 24.1 Å². The van der Waals surface area contributed by atoms with Crippen molar-refractivity contribution in [2.24, 2.45) is 11.3 Å². The lowest BCUT2D eigenvalue weighted by molar-refractivity contribution is -0.118. The first-order chi connectivity index (χ1) is 19.4. The lowest BCUT2D eigenvalue weighted by Crippen LogP contribution is -2.45. The molecule has 3 N–H and O–H groups in total. The molecule has 2 aromatic carbocycles. The summed E-state index contributed by atoms with van der Waals surface area (Å²) in [6.45, 7) is 5.93. The van der Waals surface area contributed by atoms with E-state index < -0.39 is 46.3 Å². The summed E-state index contributed by atoms with van der Waals surface area (Å²) < 4.78 is 36.9. The Labute approximate surface area is 249 Å². The number of carbonyl (C=O) groups is 1. The number of alkyl halides is 1. The van der Waals surface area contributed by atoms with Crippen LogP contribution in [0.4, 0.5) is 14.5 Å². The van der Waals surface area contributed by atoms with Crippen molar-refractivity contribution in [3.05, 3.63) is 82.4 Å². The van der Waals surface area contributed by atoms with Gasteiger partial charge in [0.1, 0.15) is 29.4 Å². The summed E-state index contributed by atoms with van der Waals surface area (Å²) in [4.78, 5) is 13.9. The van der Waals surface area contributed by atoms with Crippen molar-refractivity contribution in [2.45, 2.75) is 56.5 Å². The monoisotopic (exact) mass is 603 g/mol. The summed E-state index contributed by atoms with van der Waals surface area (Å²) in [6.07, 6.45) is 3.88. The van der Waals surface area contributed by atoms with E-state index in [1.165, 1.54) is 12.1 Å². The highest BCUT2D eigenvalue weighted by Crippen LogP contribution is 2.52. The summed E-state index contributed by atoms with van der Waals surface area (Å²) in [6, 6.07) is 11.1. The molecule has 5 atom stereocenters. The molecule has 1 fully saturated rings. The van der Waals surface area contributed by atoms with E-state index in [1.54, 1.807) is 36.4 Å². The molecule has 2 aromatic rings. The van der Waals surface area contributed by atoms with Gasteiger partial charge in [-0.15, -0.1) is 11.6 Å². The molecule has 0 spiro atoms. The number of amides is 1. The molecule has 1 aliphatic heterocycles. The van der Waals surface area contributed by atoms with Crippen LogP contribution in [0.1, 0.15) is 39.2 Å². The Kier molecular flexibility index (Phi) is 9.45. The standard InChI is InChI=1S/C31H33Cl2F2N3O3/c1-30(2,3)16-25-31(17-36,22-12-7-18(32)15-24(22)34)26(21-5-4-6-23(33)27(21)35)28(38-25)29(40)37-19-8-10-20(11-9-19)41-14-13-39/h4-5,7-12,15,23,25-26,28,38-39H,6,13-14,16H2,1-3H3,(H,37,40)/t23?,25-,26-,28+,31?/m0/s1. The average molecular weight is 605 g/mol. The Morgan fingerprint density at radius 3 is 2.56 bits per heavy atom. The van der Waals surface area contributed by atoms with Gasteiger partial charge >= 0.3 is 0 Å². The number of aliphatic hydroxyl groups is 1. The molecule has 0 aromatic heterocycles. The molecule has 0 radical (unpaired) electrons. The third kappa shape index (κ3) is 6.44. The zero-order valence-corrected chi connectivity index (χ0v) is 24.6. The van der Waals surface area contributed by atoms with E-state index in [0.717, 1.165) is 6.07 Å². The number of anilines is 1. The SMILES string of the molecule is CC(C)(C)C[C@@H]1N[C@@H](C(=O)Nc2ccc(OCCO)cc2)[C@H](C2=C(F)C(Cl)CC=C2)C1(C#N)c1ccc(Cl)cc1F. The number of hydrogen-bond donors (Lipinski definition) is 3. The summed E-state index contributed by atoms with van der Waals surface area (Å²) in [5, 5.41) is 25.2. The number of hydrogen-bond acceptors (Lipinski definition) is 5. The van der Waals surface area contributed by atoms with Crippen molar-refractivity contribution >= 4 is 34.8 Å². The van der Waals surface area contributed by atoms with Crippen LogP contribution >= 0.6 is 23.2 Å². The van der Waals surface area contributed by atoms with Gasteiger partial charge in [-0.25, -0.2) is 8.78 Å². The minimum absolute atomic E-state index is 0.0298. The van der Waals surface area contributed by atoms with Crippen LogP contribution in [0.2, 0.25) is 5.02 Å². The second kappa shape index (κ2) is 12.5. The Morgan fingerprint density at radius 1 is 1.24 bits per heavy atom. The fourth-order valence-corrected chi connectivity index (χ4v) is 6.13. The molecule has 41 heavy (non-hydrogen) atoms. The quantitative estimate of drug-likeness (QED) is 0.302. The summed E-state index contributed by atoms with van der Waals surface area (Å²) in [5.41, 5.74) is -1.47. The highest BCUT2D eigenvalue weighted by Gasteiger charge is 2.61. The second-order valence-electron chi connectivity index (χ2n) is 11.5. The number of nitrogens with one attached hydrogen (secondary N) is 2. The molecule has 1 amide bonds. The molecule has 1 saturated heterocycles. The maximum Gasteiger partial charge on any atom is 0.242 e. The van der Waals surface area contributed by atoms with Crippen LogP contribution in [0.15, 0.2) is 66.0 Å². The van der Waals surface area contributed by atoms with Gasteiger partial charge in [-0.2, -0.15) is 5.26 Å². The lowest BCUT2D eigenvalue weighted by atomic mass is 9.62. The van der Waals surface area contributed by atoms with Gasteiger partial charge in [0, 0.05) is 28.2 Å². The number of allylic oxidation sites excluding steroid dienone is 3. The number of ether oxygens (including phenoxy) is 1. The average Bonchev–Trinajstić information content (AvgIpc) is 3.22. The Hall–Kier alpha value is -2.96. The topological polar surface area (TPSA) is 94.4 Å². The van der Waals surface area contributed by atoms with E-state index in [0.29, 0.717) is 17.9 Å². The fraction of sp³-hybridized carbons (Fsp3) is 0.419. The number of aliphatic hydroxyl groups excluding tert-OH is 1. The maximum absolute atomic E-state index is 15.8. The van der Waals surface area contributed by atoms with Crippen LogP contribution in [0, 0.1) is 28.5 Å². The van der Waals surface area contributed by atoms with Gasteiger partial charge in [0.15, 0.2) is 0 Å². The van der Waals surface area contributed by atoms with E-state index in [1.807, 2.05) is 20.8 Å². The van der Waals surface area contributed by atoms with Crippen molar-refractivity contribution in [3.63, 3.8) is 0 Å². The molecular formula is C31H33Cl2F2N3O3. The van der Waals surface area contributed by atoms with Gasteiger partial charge < -0.3 is 20.5 Å². The van der Waals surface area contributed by atoms with Crippen LogP contribution in [-0.4, -0.2) is 41.7 Å². The van der Waals surface area contributed by atoms with Crippen LogP contribution in [0.3, 0.4) is 0 Å². The predicted octanol–water partition coefficient (Wildman–Crippen LogP) is 6.43. The maximum atomic E-state index is 15.8. The minimum Gasteiger partial charge on any atom is -0.491 e. The summed E-state index contributed by atoms with van der Waals surface area (Å²) in [7, 11) is 0. The number of rotatable bonds is 8. The van der Waals surface area contributed by atoms with Crippen molar-refractivity contribution in [1.82, 2.24) is 5.32 Å². The molecule has 1 aliphatic carbocycles. The van der Waals surface area contributed by atoms with Gasteiger partial charge in [-0.3, -0.25) is 4.79 Å². The van der Waals surface area contributed by atoms with Crippen LogP contribution in [0.5, 0.6) is 5.75 Å². The second-order valence-corrected chi connectivity index (χ2v) is 12.5. The first-order valence-electron chi connectivity index (χ1n) is 13.4. The Bertz CT molecular complexity index is 1380. The fourth-order valence-electron chi connectivity index (χ4n) is 5.74. The Morgan fingerprint density at radius 2 is 1.95 bits per heavy atom. The van der Waals surface area contributed by atoms with Gasteiger partial charge in [0.2, 0.25) is 5.91 Å². The van der Waals surface area contributed by atoms with E-state index in [-0.39, 0.29) is 41.2 Å². The molecular weight excluding hydrogens is 571 g/mol. The zero-order chi connectivity index (χ0) is 29.9. The lowest BCUT2D eigenvalue weighted by Gasteiger charge is -2.38. The minimum atomic E-state index is -1.68. The molecule has 2 aliphatic rings. The van der Waals surface area contributed by atoms with Gasteiger partial charge in [-0.1, -0.05) is 50.6 Å². The van der Waals surface area contributed by atoms with Crippen molar-refractivity contribution < 1.29 is 23.4 Å². The third-order valence-corrected chi connectivity index (χ3v) is 8.03. The van der Waals surface area contributed by atoms with E-state index >= 15 is 8.78 Å². The summed E-state index contributed by atoms with van der Waals surface area (Å²) >= 11 is 12.4. The van der Waals surface area contributed by atoms with E-state index in [4.69, 9.17) is 33.0 Å². The molecule has 2 unspecified atom stereocenters. The molecule has 0 saturated carbocycles. The van der Waals surface area contributed by atoms with Crippen LogP contribution in [-0.2, 0) is 10.2 Å². The first-order valence-corrected chi connectivity index (χ1v) is 14.2. The number of nitrogens with zero attached hydrogens (tertiary/aromatic N) is 1. The highest BCUT2D eigenvalue weighted by molar-refractivity contribution is 6.30. The van der Waals surface area contributed by atoms with E-state index in [2.05, 4.69) is 16.7 Å².